The molecule has 0 atom stereocenters. The van der Waals surface area contributed by atoms with Crippen molar-refractivity contribution in [2.75, 3.05) is 9.62 Å². The molecule has 0 spiro atoms. The molecule has 2 aliphatic heterocycles. The molecule has 0 radical (unpaired) electrons. The van der Waals surface area contributed by atoms with Gasteiger partial charge in [-0.3, -0.25) is 0 Å². The molecule has 3 heterocycles. The number of aryl methyl sites for hydroxylation is 1. The summed E-state index contributed by atoms with van der Waals surface area (Å²) in [4.78, 5) is 9.84. The van der Waals surface area contributed by atoms with Crippen LogP contribution in [-0.2, 0) is 16.2 Å². The van der Waals surface area contributed by atoms with E-state index < -0.39 is 0 Å². The molecular formula is C31H41BN4. The maximum absolute atomic E-state index is 4.85. The van der Waals surface area contributed by atoms with E-state index in [9.17, 15) is 0 Å². The first-order chi connectivity index (χ1) is 16.6. The van der Waals surface area contributed by atoms with Crippen LogP contribution in [0.1, 0.15) is 91.5 Å². The second-order valence-electron chi connectivity index (χ2n) is 13.7. The van der Waals surface area contributed by atoms with Gasteiger partial charge in [-0.1, -0.05) is 86.6 Å². The Bertz CT molecular complexity index is 1340. The molecule has 0 unspecified atom stereocenters. The summed E-state index contributed by atoms with van der Waals surface area (Å²) in [7, 11) is -0.0283. The lowest BCUT2D eigenvalue weighted by atomic mass is 9.72. The molecule has 188 valence electrons. The largest absolute Gasteiger partial charge is 0.519 e. The van der Waals surface area contributed by atoms with Crippen LogP contribution in [0.25, 0.3) is 11.4 Å². The number of anilines is 2. The molecule has 1 aromatic heterocycles. The van der Waals surface area contributed by atoms with Gasteiger partial charge in [0.15, 0.2) is 0 Å². The van der Waals surface area contributed by atoms with Gasteiger partial charge in [0.1, 0.15) is 5.82 Å². The summed E-state index contributed by atoms with van der Waals surface area (Å²) < 4.78 is 2.35. The van der Waals surface area contributed by atoms with E-state index in [1.54, 1.807) is 0 Å². The van der Waals surface area contributed by atoms with Crippen molar-refractivity contribution < 1.29 is 0 Å². The van der Waals surface area contributed by atoms with Gasteiger partial charge in [0.25, 0.3) is 0 Å². The molecule has 2 aliphatic rings. The number of nitrogens with zero attached hydrogens (tertiary/aromatic N) is 4. The minimum absolute atomic E-state index is 0.0211. The normalized spacial score (nSPS) is 15.6. The fourth-order valence-electron chi connectivity index (χ4n) is 5.72. The monoisotopic (exact) mass is 480 g/mol. The molecule has 3 aromatic rings. The van der Waals surface area contributed by atoms with E-state index in [4.69, 9.17) is 4.98 Å². The zero-order valence-electron chi connectivity index (χ0n) is 24.0. The van der Waals surface area contributed by atoms with Crippen molar-refractivity contribution in [3.63, 3.8) is 0 Å². The van der Waals surface area contributed by atoms with Crippen molar-refractivity contribution in [1.29, 1.82) is 0 Å². The summed E-state index contributed by atoms with van der Waals surface area (Å²) in [5.74, 6) is 1.04. The molecule has 5 rings (SSSR count). The summed E-state index contributed by atoms with van der Waals surface area (Å²) in [6.45, 7) is 25.4. The molecule has 2 aromatic carbocycles. The summed E-state index contributed by atoms with van der Waals surface area (Å²) in [6.07, 6.45) is 6.43. The fraction of sp³-hybridized carbons (Fsp3) is 0.452. The van der Waals surface area contributed by atoms with Crippen molar-refractivity contribution >= 4 is 18.5 Å². The van der Waals surface area contributed by atoms with Gasteiger partial charge in [-0.15, -0.1) is 0 Å². The molecular weight excluding hydrogens is 439 g/mol. The number of rotatable bonds is 1. The van der Waals surface area contributed by atoms with E-state index in [1.165, 1.54) is 44.9 Å². The van der Waals surface area contributed by atoms with Crippen LogP contribution >= 0.6 is 0 Å². The average Bonchev–Trinajstić information content (AvgIpc) is 3.35. The number of allylic oxidation sites excluding steroid dienone is 1. The van der Waals surface area contributed by atoms with Gasteiger partial charge >= 0.3 is 7.12 Å². The molecule has 5 heteroatoms. The molecule has 0 fully saturated rings. The van der Waals surface area contributed by atoms with Crippen molar-refractivity contribution in [3.05, 3.63) is 76.9 Å². The van der Waals surface area contributed by atoms with Gasteiger partial charge in [0, 0.05) is 41.2 Å². The lowest BCUT2D eigenvalue weighted by Gasteiger charge is -2.41. The number of hydrogen-bond acceptors (Lipinski definition) is 3. The SMILES string of the molecule is CC1=CN(c2c(C(C)(C)C)cc(C(C)(C)C)cc2C(C)(C)C)B2N1c1cccc(C)c1-c1nccn12. The highest BCUT2D eigenvalue weighted by Gasteiger charge is 2.48. The van der Waals surface area contributed by atoms with E-state index in [1.807, 2.05) is 6.20 Å². The Morgan fingerprint density at radius 1 is 0.806 bits per heavy atom. The van der Waals surface area contributed by atoms with Crippen LogP contribution in [0.5, 0.6) is 0 Å². The quantitative estimate of drug-likeness (QED) is 0.332. The first-order valence-corrected chi connectivity index (χ1v) is 13.2. The van der Waals surface area contributed by atoms with Crippen LogP contribution in [0, 0.1) is 6.92 Å². The van der Waals surface area contributed by atoms with Gasteiger partial charge < -0.3 is 14.1 Å². The molecule has 0 amide bonds. The smallest absolute Gasteiger partial charge is 0.349 e. The Hall–Kier alpha value is -2.95. The van der Waals surface area contributed by atoms with Crippen molar-refractivity contribution in [2.45, 2.75) is 92.4 Å². The maximum Gasteiger partial charge on any atom is 0.519 e. The first kappa shape index (κ1) is 24.7. The lowest BCUT2D eigenvalue weighted by molar-refractivity contribution is 0.550. The number of benzene rings is 2. The van der Waals surface area contributed by atoms with Gasteiger partial charge in [0.05, 0.1) is 0 Å². The van der Waals surface area contributed by atoms with Gasteiger partial charge in [-0.05, 0) is 58.4 Å². The molecule has 0 aliphatic carbocycles. The number of imidazole rings is 1. The van der Waals surface area contributed by atoms with Crippen LogP contribution in [0.4, 0.5) is 11.4 Å². The Balaban J connectivity index is 1.83. The van der Waals surface area contributed by atoms with Crippen LogP contribution in [-0.4, -0.2) is 16.6 Å². The third-order valence-electron chi connectivity index (χ3n) is 7.69. The van der Waals surface area contributed by atoms with Crippen LogP contribution in [0.15, 0.2) is 54.6 Å². The summed E-state index contributed by atoms with van der Waals surface area (Å²) >= 11 is 0. The van der Waals surface area contributed by atoms with Gasteiger partial charge in [0.2, 0.25) is 0 Å². The topological polar surface area (TPSA) is 24.3 Å². The van der Waals surface area contributed by atoms with E-state index in [-0.39, 0.29) is 23.4 Å². The standard InChI is InChI=1S/C31H41BN4/c1-20-13-12-14-25-26(20)28-33-15-16-34(28)32-35(19-21(2)36(25)32)27-23(30(6,7)8)17-22(29(3,4)5)18-24(27)31(9,10)11/h12-19H,1-11H3. The maximum atomic E-state index is 4.85. The van der Waals surface area contributed by atoms with Crippen molar-refractivity contribution in [3.8, 4) is 11.4 Å². The predicted molar refractivity (Wildman–Crippen MR) is 155 cm³/mol. The highest BCUT2D eigenvalue weighted by atomic mass is 15.4. The van der Waals surface area contributed by atoms with Crippen LogP contribution < -0.4 is 9.62 Å². The average molecular weight is 481 g/mol. The molecule has 0 saturated heterocycles. The van der Waals surface area contributed by atoms with E-state index in [0.717, 1.165) is 5.82 Å². The van der Waals surface area contributed by atoms with E-state index in [2.05, 4.69) is 133 Å². The Morgan fingerprint density at radius 2 is 1.42 bits per heavy atom. The lowest BCUT2D eigenvalue weighted by Crippen LogP contribution is -2.54. The first-order valence-electron chi connectivity index (χ1n) is 13.2. The highest BCUT2D eigenvalue weighted by Crippen LogP contribution is 2.48. The fourth-order valence-corrected chi connectivity index (χ4v) is 5.72. The third-order valence-corrected chi connectivity index (χ3v) is 7.69. The Morgan fingerprint density at radius 3 is 1.97 bits per heavy atom. The van der Waals surface area contributed by atoms with Crippen molar-refractivity contribution in [2.24, 2.45) is 0 Å². The number of aromatic nitrogens is 2. The summed E-state index contributed by atoms with van der Waals surface area (Å²) in [5.41, 5.74) is 10.5. The van der Waals surface area contributed by atoms with Crippen molar-refractivity contribution in [1.82, 2.24) is 9.46 Å². The molecule has 0 bridgehead atoms. The minimum atomic E-state index is -0.0283. The zero-order chi connectivity index (χ0) is 26.4. The number of fused-ring (bicyclic) bond motifs is 6. The zero-order valence-corrected chi connectivity index (χ0v) is 24.0. The summed E-state index contributed by atoms with van der Waals surface area (Å²) in [6, 6.07) is 11.5. The van der Waals surface area contributed by atoms with Gasteiger partial charge in [-0.2, -0.15) is 0 Å². The Kier molecular flexibility index (Phi) is 5.34. The second-order valence-corrected chi connectivity index (χ2v) is 13.7. The van der Waals surface area contributed by atoms with Crippen LogP contribution in [0.2, 0.25) is 0 Å². The summed E-state index contributed by atoms with van der Waals surface area (Å²) in [5, 5.41) is 0. The van der Waals surface area contributed by atoms with E-state index >= 15 is 0 Å². The molecule has 0 saturated carbocycles. The number of hydrogen-bond donors (Lipinski definition) is 0. The van der Waals surface area contributed by atoms with E-state index in [0.29, 0.717) is 0 Å². The van der Waals surface area contributed by atoms with Gasteiger partial charge in [-0.25, -0.2) is 4.98 Å². The molecule has 36 heavy (non-hydrogen) atoms. The van der Waals surface area contributed by atoms with Crippen LogP contribution in [0.3, 0.4) is 0 Å². The second kappa shape index (κ2) is 7.78. The molecule has 0 N–H and O–H groups in total. The molecule has 4 nitrogen and oxygen atoms in total. The predicted octanol–water partition coefficient (Wildman–Crippen LogP) is 7.79. The third kappa shape index (κ3) is 3.70. The highest BCUT2D eigenvalue weighted by molar-refractivity contribution is 6.69. The minimum Gasteiger partial charge on any atom is -0.349 e. The Labute approximate surface area is 218 Å².